The molecular weight excluding hydrogens is 584 g/mol. The van der Waals surface area contributed by atoms with E-state index < -0.39 is 40.8 Å². The van der Waals surface area contributed by atoms with Gasteiger partial charge in [-0.1, -0.05) is 48.5 Å². The van der Waals surface area contributed by atoms with Crippen LogP contribution in [0.5, 0.6) is 0 Å². The lowest BCUT2D eigenvalue weighted by molar-refractivity contribution is -0.143. The van der Waals surface area contributed by atoms with Crippen LogP contribution in [0.2, 0.25) is 0 Å². The van der Waals surface area contributed by atoms with Crippen LogP contribution in [0.15, 0.2) is 78.9 Å². The predicted molar refractivity (Wildman–Crippen MR) is 154 cm³/mol. The molecule has 3 aromatic rings. The number of para-hydroxylation sites is 1. The fraction of sp³-hybridized carbons (Fsp3) is 0.394. The first-order chi connectivity index (χ1) is 20.8. The SMILES string of the molecule is CC(C(=O)N[C@]1(c2ccccc2)CC[C@@H](N2CCN(c3ccccc3)CC2=O)CC1)c1cc(C(F)(F)F)cc(C(F)(F)F)c1. The van der Waals surface area contributed by atoms with Gasteiger partial charge < -0.3 is 15.1 Å². The average molecular weight is 618 g/mol. The maximum absolute atomic E-state index is 13.6. The van der Waals surface area contributed by atoms with Crippen molar-refractivity contribution in [2.45, 2.75) is 62.5 Å². The maximum Gasteiger partial charge on any atom is 0.416 e. The summed E-state index contributed by atoms with van der Waals surface area (Å²) in [6.45, 7) is 2.80. The second-order valence-corrected chi connectivity index (χ2v) is 11.6. The summed E-state index contributed by atoms with van der Waals surface area (Å²) in [4.78, 5) is 30.7. The number of benzene rings is 3. The van der Waals surface area contributed by atoms with E-state index in [2.05, 4.69) is 5.32 Å². The van der Waals surface area contributed by atoms with Crippen LogP contribution in [0.25, 0.3) is 0 Å². The molecule has 0 radical (unpaired) electrons. The van der Waals surface area contributed by atoms with Gasteiger partial charge in [-0.05, 0) is 74.1 Å². The van der Waals surface area contributed by atoms with Crippen molar-refractivity contribution in [2.24, 2.45) is 0 Å². The van der Waals surface area contributed by atoms with Gasteiger partial charge in [-0.15, -0.1) is 0 Å². The van der Waals surface area contributed by atoms with Crippen LogP contribution >= 0.6 is 0 Å². The van der Waals surface area contributed by atoms with Gasteiger partial charge in [-0.3, -0.25) is 9.59 Å². The van der Waals surface area contributed by atoms with Crippen molar-refractivity contribution in [2.75, 3.05) is 24.5 Å². The van der Waals surface area contributed by atoms with E-state index in [1.54, 1.807) is 0 Å². The van der Waals surface area contributed by atoms with E-state index in [0.717, 1.165) is 11.3 Å². The van der Waals surface area contributed by atoms with Crippen LogP contribution in [0, 0.1) is 0 Å². The van der Waals surface area contributed by atoms with Crippen LogP contribution in [0.3, 0.4) is 0 Å². The monoisotopic (exact) mass is 617 g/mol. The summed E-state index contributed by atoms with van der Waals surface area (Å²) in [6, 6.07) is 20.0. The van der Waals surface area contributed by atoms with Crippen molar-refractivity contribution in [1.29, 1.82) is 0 Å². The molecule has 234 valence electrons. The van der Waals surface area contributed by atoms with Gasteiger partial charge in [0.05, 0.1) is 29.1 Å². The molecule has 2 amide bonds. The van der Waals surface area contributed by atoms with Crippen molar-refractivity contribution < 1.29 is 35.9 Å². The number of nitrogens with zero attached hydrogens (tertiary/aromatic N) is 2. The van der Waals surface area contributed by atoms with Gasteiger partial charge in [0.1, 0.15) is 0 Å². The van der Waals surface area contributed by atoms with Crippen molar-refractivity contribution in [1.82, 2.24) is 10.2 Å². The molecule has 44 heavy (non-hydrogen) atoms. The Labute approximate surface area is 251 Å². The third kappa shape index (κ3) is 6.71. The molecule has 1 saturated heterocycles. The highest BCUT2D eigenvalue weighted by Crippen LogP contribution is 2.41. The first kappa shape index (κ1) is 31.4. The van der Waals surface area contributed by atoms with E-state index >= 15 is 0 Å². The molecular formula is C33H33F6N3O2. The minimum Gasteiger partial charge on any atom is -0.360 e. The molecule has 1 aliphatic heterocycles. The second-order valence-electron chi connectivity index (χ2n) is 11.6. The van der Waals surface area contributed by atoms with Gasteiger partial charge in [-0.2, -0.15) is 26.3 Å². The van der Waals surface area contributed by atoms with Crippen LogP contribution in [-0.4, -0.2) is 42.4 Å². The number of anilines is 1. The largest absolute Gasteiger partial charge is 0.416 e. The van der Waals surface area contributed by atoms with Crippen molar-refractivity contribution >= 4 is 17.5 Å². The van der Waals surface area contributed by atoms with E-state index in [0.29, 0.717) is 50.9 Å². The van der Waals surface area contributed by atoms with Crippen LogP contribution in [0.1, 0.15) is 60.8 Å². The van der Waals surface area contributed by atoms with Crippen molar-refractivity contribution in [3.8, 4) is 0 Å². The van der Waals surface area contributed by atoms with Gasteiger partial charge in [0.2, 0.25) is 11.8 Å². The number of piperazine rings is 1. The Morgan fingerprint density at radius 3 is 1.91 bits per heavy atom. The third-order valence-electron chi connectivity index (χ3n) is 8.82. The molecule has 5 rings (SSSR count). The van der Waals surface area contributed by atoms with Gasteiger partial charge >= 0.3 is 12.4 Å². The lowest BCUT2D eigenvalue weighted by Crippen LogP contribution is -2.57. The fourth-order valence-corrected chi connectivity index (χ4v) is 6.31. The van der Waals surface area contributed by atoms with Gasteiger partial charge in [0.15, 0.2) is 0 Å². The van der Waals surface area contributed by atoms with Crippen molar-refractivity contribution in [3.63, 3.8) is 0 Å². The van der Waals surface area contributed by atoms with Gasteiger partial charge in [-0.25, -0.2) is 0 Å². The van der Waals surface area contributed by atoms with Gasteiger partial charge in [0, 0.05) is 24.8 Å². The number of rotatable bonds is 6. The Balaban J connectivity index is 1.34. The Morgan fingerprint density at radius 1 is 0.841 bits per heavy atom. The summed E-state index contributed by atoms with van der Waals surface area (Å²) in [5.74, 6) is -1.95. The lowest BCUT2D eigenvalue weighted by Gasteiger charge is -2.47. The first-order valence-corrected chi connectivity index (χ1v) is 14.5. The third-order valence-corrected chi connectivity index (χ3v) is 8.82. The van der Waals surface area contributed by atoms with E-state index in [4.69, 9.17) is 0 Å². The standard InChI is InChI=1S/C33H33F6N3O2/c1-22(23-18-25(32(34,35)36)20-26(19-23)33(37,38)39)30(44)40-31(24-8-4-2-5-9-24)14-12-28(13-15-31)42-17-16-41(21-29(42)43)27-10-6-3-7-11-27/h2-11,18-20,22,28H,12-17,21H2,1H3,(H,40,44)/t22?,28-,31-. The minimum atomic E-state index is -5.01. The zero-order valence-electron chi connectivity index (χ0n) is 24.1. The summed E-state index contributed by atoms with van der Waals surface area (Å²) in [6.07, 6.45) is -7.99. The Morgan fingerprint density at radius 2 is 1.39 bits per heavy atom. The zero-order chi connectivity index (χ0) is 31.7. The van der Waals surface area contributed by atoms with E-state index in [1.807, 2.05) is 70.5 Å². The number of halogens is 6. The molecule has 1 aliphatic carbocycles. The number of nitrogens with one attached hydrogen (secondary N) is 1. The topological polar surface area (TPSA) is 52.7 Å². The normalized spacial score (nSPS) is 22.1. The molecule has 2 aliphatic rings. The molecule has 3 aromatic carbocycles. The van der Waals surface area contributed by atoms with E-state index in [-0.39, 0.29) is 30.1 Å². The summed E-state index contributed by atoms with van der Waals surface area (Å²) in [5, 5.41) is 3.01. The highest BCUT2D eigenvalue weighted by atomic mass is 19.4. The number of hydrogen-bond acceptors (Lipinski definition) is 3. The summed E-state index contributed by atoms with van der Waals surface area (Å²) < 4.78 is 80.9. The Hall–Kier alpha value is -4.02. The average Bonchev–Trinajstić information content (AvgIpc) is 3.01. The predicted octanol–water partition coefficient (Wildman–Crippen LogP) is 7.13. The Kier molecular flexibility index (Phi) is 8.68. The number of hydrogen-bond donors (Lipinski definition) is 1. The van der Waals surface area contributed by atoms with Crippen LogP contribution in [0.4, 0.5) is 32.0 Å². The van der Waals surface area contributed by atoms with Crippen LogP contribution < -0.4 is 10.2 Å². The Bertz CT molecular complexity index is 1440. The zero-order valence-corrected chi connectivity index (χ0v) is 24.1. The molecule has 0 aromatic heterocycles. The second kappa shape index (κ2) is 12.2. The number of amides is 2. The molecule has 1 saturated carbocycles. The minimum absolute atomic E-state index is 0.0139. The van der Waals surface area contributed by atoms with Gasteiger partial charge in [0.25, 0.3) is 0 Å². The summed E-state index contributed by atoms with van der Waals surface area (Å²) >= 11 is 0. The fourth-order valence-electron chi connectivity index (χ4n) is 6.31. The summed E-state index contributed by atoms with van der Waals surface area (Å²) in [7, 11) is 0. The highest BCUT2D eigenvalue weighted by molar-refractivity contribution is 5.84. The number of carbonyl (C=O) groups is 2. The first-order valence-electron chi connectivity index (χ1n) is 14.5. The number of alkyl halides is 6. The van der Waals surface area contributed by atoms with Crippen molar-refractivity contribution in [3.05, 3.63) is 101 Å². The number of carbonyl (C=O) groups excluding carboxylic acids is 2. The maximum atomic E-state index is 13.6. The lowest BCUT2D eigenvalue weighted by atomic mass is 9.74. The molecule has 11 heteroatoms. The molecule has 5 nitrogen and oxygen atoms in total. The molecule has 1 unspecified atom stereocenters. The highest BCUT2D eigenvalue weighted by Gasteiger charge is 2.43. The van der Waals surface area contributed by atoms with E-state index in [1.165, 1.54) is 6.92 Å². The molecule has 0 bridgehead atoms. The van der Waals surface area contributed by atoms with Crippen LogP contribution in [-0.2, 0) is 27.5 Å². The quantitative estimate of drug-likeness (QED) is 0.300. The molecule has 1 atom stereocenters. The van der Waals surface area contributed by atoms with E-state index in [9.17, 15) is 35.9 Å². The molecule has 1 heterocycles. The smallest absolute Gasteiger partial charge is 0.360 e. The molecule has 1 N–H and O–H groups in total. The molecule has 0 spiro atoms. The molecule has 2 fully saturated rings. The summed E-state index contributed by atoms with van der Waals surface area (Å²) in [5.41, 5.74) is -2.42.